The standard InChI is InChI=1S/C8H17NO4S/c9-5-7-1-3-8(4-2-7)6-13-14(10,11)12/h7-8H,1-6,9H2,(H,10,11,12). The van der Waals surface area contributed by atoms with Gasteiger partial charge < -0.3 is 5.73 Å². The Hall–Kier alpha value is -0.170. The van der Waals surface area contributed by atoms with Gasteiger partial charge in [0.1, 0.15) is 0 Å². The summed E-state index contributed by atoms with van der Waals surface area (Å²) >= 11 is 0. The molecule has 6 heteroatoms. The van der Waals surface area contributed by atoms with Gasteiger partial charge in [0, 0.05) is 0 Å². The molecular formula is C8H17NO4S. The van der Waals surface area contributed by atoms with Crippen LogP contribution in [0.1, 0.15) is 25.7 Å². The molecule has 0 unspecified atom stereocenters. The summed E-state index contributed by atoms with van der Waals surface area (Å²) in [6, 6.07) is 0. The van der Waals surface area contributed by atoms with Gasteiger partial charge in [-0.1, -0.05) is 0 Å². The zero-order valence-electron chi connectivity index (χ0n) is 8.05. The molecule has 5 nitrogen and oxygen atoms in total. The molecule has 1 rings (SSSR count). The van der Waals surface area contributed by atoms with Gasteiger partial charge in [0.2, 0.25) is 0 Å². The van der Waals surface area contributed by atoms with E-state index in [0.717, 1.165) is 25.7 Å². The SMILES string of the molecule is NCC1CCC(COS(=O)(=O)O)CC1. The van der Waals surface area contributed by atoms with Gasteiger partial charge in [-0.2, -0.15) is 8.42 Å². The van der Waals surface area contributed by atoms with Crippen molar-refractivity contribution < 1.29 is 17.2 Å². The topological polar surface area (TPSA) is 89.6 Å². The fraction of sp³-hybridized carbons (Fsp3) is 1.00. The highest BCUT2D eigenvalue weighted by molar-refractivity contribution is 7.80. The van der Waals surface area contributed by atoms with Gasteiger partial charge >= 0.3 is 10.4 Å². The minimum atomic E-state index is -4.27. The van der Waals surface area contributed by atoms with Crippen LogP contribution in [0.2, 0.25) is 0 Å². The van der Waals surface area contributed by atoms with Crippen LogP contribution < -0.4 is 5.73 Å². The van der Waals surface area contributed by atoms with Crippen LogP contribution in [0, 0.1) is 11.8 Å². The lowest BCUT2D eigenvalue weighted by molar-refractivity contribution is 0.173. The average Bonchev–Trinajstić information content (AvgIpc) is 2.14. The molecule has 0 spiro atoms. The smallest absolute Gasteiger partial charge is 0.330 e. The van der Waals surface area contributed by atoms with Crippen molar-refractivity contribution in [3.8, 4) is 0 Å². The predicted molar refractivity (Wildman–Crippen MR) is 52.0 cm³/mol. The summed E-state index contributed by atoms with van der Waals surface area (Å²) in [7, 11) is -4.27. The van der Waals surface area contributed by atoms with Crippen LogP contribution in [0.25, 0.3) is 0 Å². The second-order valence-electron chi connectivity index (χ2n) is 3.83. The molecule has 84 valence electrons. The predicted octanol–water partition coefficient (Wildman–Crippen LogP) is 0.571. The fourth-order valence-corrected chi connectivity index (χ4v) is 2.18. The molecule has 14 heavy (non-hydrogen) atoms. The molecule has 0 bridgehead atoms. The van der Waals surface area contributed by atoms with Gasteiger partial charge in [0.05, 0.1) is 6.61 Å². The molecule has 0 saturated heterocycles. The minimum absolute atomic E-state index is 0.0934. The number of rotatable bonds is 4. The Morgan fingerprint density at radius 1 is 1.21 bits per heavy atom. The second kappa shape index (κ2) is 5.06. The molecule has 0 aromatic carbocycles. The Labute approximate surface area is 84.6 Å². The normalized spacial score (nSPS) is 29.0. The van der Waals surface area contributed by atoms with Crippen molar-refractivity contribution in [3.05, 3.63) is 0 Å². The first-order chi connectivity index (χ1) is 6.51. The first-order valence-corrected chi connectivity index (χ1v) is 6.19. The molecular weight excluding hydrogens is 206 g/mol. The summed E-state index contributed by atoms with van der Waals surface area (Å²) in [6.07, 6.45) is 3.90. The van der Waals surface area contributed by atoms with Crippen LogP contribution in [0.15, 0.2) is 0 Å². The lowest BCUT2D eigenvalue weighted by atomic mass is 9.82. The van der Waals surface area contributed by atoms with E-state index in [-0.39, 0.29) is 12.5 Å². The number of hydrogen-bond donors (Lipinski definition) is 2. The van der Waals surface area contributed by atoms with Crippen LogP contribution in [-0.2, 0) is 14.6 Å². The summed E-state index contributed by atoms with van der Waals surface area (Å²) in [6.45, 7) is 0.794. The van der Waals surface area contributed by atoms with E-state index < -0.39 is 10.4 Å². The van der Waals surface area contributed by atoms with Crippen LogP contribution in [-0.4, -0.2) is 26.1 Å². The fourth-order valence-electron chi connectivity index (χ4n) is 1.82. The van der Waals surface area contributed by atoms with Crippen molar-refractivity contribution in [1.29, 1.82) is 0 Å². The quantitative estimate of drug-likeness (QED) is 0.680. The molecule has 1 saturated carbocycles. The Kier molecular flexibility index (Phi) is 4.31. The van der Waals surface area contributed by atoms with E-state index in [1.807, 2.05) is 0 Å². The summed E-state index contributed by atoms with van der Waals surface area (Å²) in [5, 5.41) is 0. The molecule has 0 aliphatic heterocycles. The van der Waals surface area contributed by atoms with Gasteiger partial charge in [-0.25, -0.2) is 4.18 Å². The number of hydrogen-bond acceptors (Lipinski definition) is 4. The van der Waals surface area contributed by atoms with Crippen molar-refractivity contribution >= 4 is 10.4 Å². The first kappa shape index (κ1) is 11.9. The maximum atomic E-state index is 10.3. The van der Waals surface area contributed by atoms with Crippen LogP contribution in [0.4, 0.5) is 0 Å². The molecule has 1 aliphatic rings. The molecule has 0 radical (unpaired) electrons. The van der Waals surface area contributed by atoms with E-state index in [9.17, 15) is 8.42 Å². The first-order valence-electron chi connectivity index (χ1n) is 4.83. The molecule has 0 heterocycles. The Balaban J connectivity index is 2.23. The molecule has 0 aromatic rings. The van der Waals surface area contributed by atoms with E-state index in [4.69, 9.17) is 10.3 Å². The van der Waals surface area contributed by atoms with Crippen LogP contribution in [0.3, 0.4) is 0 Å². The summed E-state index contributed by atoms with van der Waals surface area (Å²) in [5.41, 5.74) is 5.52. The highest BCUT2D eigenvalue weighted by atomic mass is 32.3. The van der Waals surface area contributed by atoms with Gasteiger partial charge in [0.25, 0.3) is 0 Å². The van der Waals surface area contributed by atoms with Crippen molar-refractivity contribution in [2.75, 3.05) is 13.2 Å². The maximum absolute atomic E-state index is 10.3. The van der Waals surface area contributed by atoms with Crippen molar-refractivity contribution in [3.63, 3.8) is 0 Å². The molecule has 3 N–H and O–H groups in total. The highest BCUT2D eigenvalue weighted by Crippen LogP contribution is 2.28. The summed E-state index contributed by atoms with van der Waals surface area (Å²) in [4.78, 5) is 0. The Morgan fingerprint density at radius 2 is 1.71 bits per heavy atom. The monoisotopic (exact) mass is 223 g/mol. The van der Waals surface area contributed by atoms with Crippen LogP contribution in [0.5, 0.6) is 0 Å². The highest BCUT2D eigenvalue weighted by Gasteiger charge is 2.21. The largest absolute Gasteiger partial charge is 0.397 e. The molecule has 1 fully saturated rings. The van der Waals surface area contributed by atoms with Gasteiger partial charge in [0.15, 0.2) is 0 Å². The summed E-state index contributed by atoms with van der Waals surface area (Å²) in [5.74, 6) is 0.803. The third-order valence-electron chi connectivity index (χ3n) is 2.75. The molecule has 0 aromatic heterocycles. The van der Waals surface area contributed by atoms with Gasteiger partial charge in [-0.15, -0.1) is 0 Å². The summed E-state index contributed by atoms with van der Waals surface area (Å²) < 4.78 is 33.3. The lowest BCUT2D eigenvalue weighted by Gasteiger charge is -2.26. The Bertz CT molecular complexity index is 257. The lowest BCUT2D eigenvalue weighted by Crippen LogP contribution is -2.24. The molecule has 0 amide bonds. The van der Waals surface area contributed by atoms with E-state index in [0.29, 0.717) is 12.5 Å². The van der Waals surface area contributed by atoms with Crippen molar-refractivity contribution in [1.82, 2.24) is 0 Å². The molecule has 0 atom stereocenters. The zero-order chi connectivity index (χ0) is 10.6. The minimum Gasteiger partial charge on any atom is -0.330 e. The molecule has 1 aliphatic carbocycles. The zero-order valence-corrected chi connectivity index (χ0v) is 8.87. The second-order valence-corrected chi connectivity index (χ2v) is 4.93. The van der Waals surface area contributed by atoms with Crippen LogP contribution >= 0.6 is 0 Å². The van der Waals surface area contributed by atoms with Gasteiger partial charge in [-0.3, -0.25) is 4.55 Å². The van der Waals surface area contributed by atoms with Crippen molar-refractivity contribution in [2.24, 2.45) is 17.6 Å². The van der Waals surface area contributed by atoms with E-state index >= 15 is 0 Å². The van der Waals surface area contributed by atoms with E-state index in [1.54, 1.807) is 0 Å². The number of nitrogens with two attached hydrogens (primary N) is 1. The van der Waals surface area contributed by atoms with E-state index in [2.05, 4.69) is 4.18 Å². The third kappa shape index (κ3) is 4.36. The van der Waals surface area contributed by atoms with Gasteiger partial charge in [-0.05, 0) is 44.1 Å². The Morgan fingerprint density at radius 3 is 2.14 bits per heavy atom. The van der Waals surface area contributed by atoms with E-state index in [1.165, 1.54) is 0 Å². The maximum Gasteiger partial charge on any atom is 0.397 e. The third-order valence-corrected chi connectivity index (χ3v) is 3.19. The van der Waals surface area contributed by atoms with Crippen molar-refractivity contribution in [2.45, 2.75) is 25.7 Å². The average molecular weight is 223 g/mol.